The van der Waals surface area contributed by atoms with Crippen molar-refractivity contribution in [2.45, 2.75) is 65.6 Å². The molecule has 1 rings (SSSR count). The Kier molecular flexibility index (Phi) is 5.41. The number of carbonyl (C=O) groups excluding carboxylic acids is 1. The van der Waals surface area contributed by atoms with Crippen LogP contribution in [0.3, 0.4) is 0 Å². The fourth-order valence-electron chi connectivity index (χ4n) is 3.94. The van der Waals surface area contributed by atoms with Gasteiger partial charge < -0.3 is 0 Å². The van der Waals surface area contributed by atoms with Crippen LogP contribution in [0.25, 0.3) is 0 Å². The second-order valence-corrected chi connectivity index (χ2v) is 7.22. The first-order valence-corrected chi connectivity index (χ1v) is 7.77. The highest BCUT2D eigenvalue weighted by atomic mass is 35.5. The van der Waals surface area contributed by atoms with Crippen molar-refractivity contribution in [1.29, 1.82) is 0 Å². The molecule has 1 nitrogen and oxygen atoms in total. The lowest BCUT2D eigenvalue weighted by Crippen LogP contribution is -2.45. The lowest BCUT2D eigenvalue weighted by Gasteiger charge is -2.43. The predicted octanol–water partition coefficient (Wildman–Crippen LogP) is 4.61. The van der Waals surface area contributed by atoms with E-state index in [0.717, 1.165) is 0 Å². The smallest absolute Gasteiger partial charge is 0.210 e. The van der Waals surface area contributed by atoms with Crippen LogP contribution in [-0.2, 0) is 4.79 Å². The molecular formula is C14H27B2ClO. The van der Waals surface area contributed by atoms with E-state index in [1.54, 1.807) is 0 Å². The van der Waals surface area contributed by atoms with Gasteiger partial charge in [0.05, 0.1) is 0 Å². The summed E-state index contributed by atoms with van der Waals surface area (Å²) in [5, 5.41) is -0.136. The zero-order valence-electron chi connectivity index (χ0n) is 12.9. The van der Waals surface area contributed by atoms with Crippen LogP contribution >= 0.6 is 11.6 Å². The van der Waals surface area contributed by atoms with E-state index in [-0.39, 0.29) is 11.0 Å². The van der Waals surface area contributed by atoms with Crippen LogP contribution < -0.4 is 0 Å². The lowest BCUT2D eigenvalue weighted by molar-refractivity contribution is -0.110. The summed E-state index contributed by atoms with van der Waals surface area (Å²) in [5.41, 5.74) is 0.00840. The van der Waals surface area contributed by atoms with E-state index in [1.165, 1.54) is 0 Å². The second kappa shape index (κ2) is 6.03. The SMILES string of the molecule is CB1C(C(=O)Cl)B(C)C(C)C(C)C(C)C(C)C1C. The molecule has 0 aliphatic carbocycles. The van der Waals surface area contributed by atoms with E-state index < -0.39 is 0 Å². The number of rotatable bonds is 1. The highest BCUT2D eigenvalue weighted by Gasteiger charge is 2.45. The second-order valence-electron chi connectivity index (χ2n) is 6.84. The van der Waals surface area contributed by atoms with Crippen LogP contribution in [0.5, 0.6) is 0 Å². The van der Waals surface area contributed by atoms with Crippen LogP contribution in [-0.4, -0.2) is 18.7 Å². The quantitative estimate of drug-likeness (QED) is 0.501. The molecule has 1 aliphatic heterocycles. The van der Waals surface area contributed by atoms with Gasteiger partial charge in [-0.2, -0.15) is 0 Å². The summed E-state index contributed by atoms with van der Waals surface area (Å²) < 4.78 is 0. The Morgan fingerprint density at radius 1 is 0.833 bits per heavy atom. The first-order valence-electron chi connectivity index (χ1n) is 7.39. The van der Waals surface area contributed by atoms with Gasteiger partial charge in [0, 0.05) is 0 Å². The van der Waals surface area contributed by atoms with E-state index in [0.29, 0.717) is 42.8 Å². The molecule has 4 unspecified atom stereocenters. The van der Waals surface area contributed by atoms with Gasteiger partial charge in [0.1, 0.15) is 13.4 Å². The monoisotopic (exact) mass is 268 g/mol. The third kappa shape index (κ3) is 2.81. The van der Waals surface area contributed by atoms with Crippen molar-refractivity contribution in [2.75, 3.05) is 0 Å². The zero-order valence-corrected chi connectivity index (χ0v) is 13.7. The molecule has 4 heteroatoms. The Hall–Kier alpha value is 0.0899. The first kappa shape index (κ1) is 16.1. The van der Waals surface area contributed by atoms with Crippen molar-refractivity contribution < 1.29 is 4.79 Å². The molecule has 102 valence electrons. The predicted molar refractivity (Wildman–Crippen MR) is 84.2 cm³/mol. The molecule has 0 aromatic carbocycles. The Morgan fingerprint density at radius 3 is 1.44 bits per heavy atom. The maximum atomic E-state index is 11.8. The largest absolute Gasteiger partial charge is 0.283 e. The van der Waals surface area contributed by atoms with Crippen LogP contribution in [0.15, 0.2) is 0 Å². The third-order valence-corrected chi connectivity index (χ3v) is 6.62. The Balaban J connectivity index is 3.13. The summed E-state index contributed by atoms with van der Waals surface area (Å²) in [7, 11) is 0. The van der Waals surface area contributed by atoms with E-state index >= 15 is 0 Å². The molecule has 1 fully saturated rings. The molecule has 0 aromatic heterocycles. The van der Waals surface area contributed by atoms with Gasteiger partial charge in [0.25, 0.3) is 0 Å². The van der Waals surface area contributed by atoms with Crippen molar-refractivity contribution >= 4 is 30.3 Å². The van der Waals surface area contributed by atoms with Crippen LogP contribution in [0.1, 0.15) is 34.6 Å². The highest BCUT2D eigenvalue weighted by molar-refractivity contribution is 6.91. The molecule has 0 bridgehead atoms. The summed E-state index contributed by atoms with van der Waals surface area (Å²) in [4.78, 5) is 11.8. The van der Waals surface area contributed by atoms with Crippen LogP contribution in [0.2, 0.25) is 31.0 Å². The summed E-state index contributed by atoms with van der Waals surface area (Å²) in [6.45, 7) is 16.8. The Bertz CT molecular complexity index is 288. The van der Waals surface area contributed by atoms with Crippen molar-refractivity contribution in [1.82, 2.24) is 0 Å². The molecule has 0 aromatic rings. The number of hydrogen-bond donors (Lipinski definition) is 0. The van der Waals surface area contributed by atoms with Gasteiger partial charge in [0.15, 0.2) is 0 Å². The molecule has 0 N–H and O–H groups in total. The molecule has 18 heavy (non-hydrogen) atoms. The number of hydrogen-bond acceptors (Lipinski definition) is 1. The van der Waals surface area contributed by atoms with Crippen LogP contribution in [0.4, 0.5) is 0 Å². The zero-order chi connectivity index (χ0) is 14.2. The minimum atomic E-state index is -0.136. The van der Waals surface area contributed by atoms with Gasteiger partial charge in [0.2, 0.25) is 5.24 Å². The maximum absolute atomic E-state index is 11.8. The fourth-order valence-corrected chi connectivity index (χ4v) is 4.34. The molecular weight excluding hydrogens is 241 g/mol. The number of carbonyl (C=O) groups is 1. The third-order valence-electron chi connectivity index (χ3n) is 6.37. The number of halogens is 1. The first-order chi connectivity index (χ1) is 8.20. The van der Waals surface area contributed by atoms with Crippen molar-refractivity contribution in [3.63, 3.8) is 0 Å². The standard InChI is InChI=1S/C14H27B2ClO/c1-8-9(2)11(4)15(6)13(14(17)18)16(7)12(5)10(8)3/h8-13H,1-7H3. The van der Waals surface area contributed by atoms with Crippen molar-refractivity contribution in [3.8, 4) is 0 Å². The van der Waals surface area contributed by atoms with Crippen molar-refractivity contribution in [2.24, 2.45) is 17.8 Å². The van der Waals surface area contributed by atoms with E-state index in [4.69, 9.17) is 11.6 Å². The molecule has 0 radical (unpaired) electrons. The van der Waals surface area contributed by atoms with Gasteiger partial charge in [-0.1, -0.05) is 59.9 Å². The van der Waals surface area contributed by atoms with Gasteiger partial charge in [-0.3, -0.25) is 4.79 Å². The molecule has 1 heterocycles. The lowest BCUT2D eigenvalue weighted by atomic mass is 9.15. The fraction of sp³-hybridized carbons (Fsp3) is 0.929. The minimum Gasteiger partial charge on any atom is -0.283 e. The van der Waals surface area contributed by atoms with Gasteiger partial charge in [-0.25, -0.2) is 0 Å². The minimum absolute atomic E-state index is 0.00840. The normalized spacial score (nSPS) is 42.4. The Morgan fingerprint density at radius 2 is 1.17 bits per heavy atom. The molecule has 1 saturated heterocycles. The Labute approximate surface area is 119 Å². The van der Waals surface area contributed by atoms with Gasteiger partial charge in [-0.05, 0) is 35.1 Å². The van der Waals surface area contributed by atoms with Gasteiger partial charge in [-0.15, -0.1) is 0 Å². The average Bonchev–Trinajstić information content (AvgIpc) is 2.32. The highest BCUT2D eigenvalue weighted by Crippen LogP contribution is 2.46. The maximum Gasteiger partial charge on any atom is 0.210 e. The van der Waals surface area contributed by atoms with Crippen molar-refractivity contribution in [3.05, 3.63) is 0 Å². The summed E-state index contributed by atoms with van der Waals surface area (Å²) in [6.07, 6.45) is 0. The van der Waals surface area contributed by atoms with E-state index in [1.807, 2.05) is 0 Å². The topological polar surface area (TPSA) is 17.1 Å². The molecule has 4 atom stereocenters. The molecule has 0 spiro atoms. The summed E-state index contributed by atoms with van der Waals surface area (Å²) in [6, 6.07) is 0. The molecule has 0 saturated carbocycles. The van der Waals surface area contributed by atoms with E-state index in [9.17, 15) is 4.79 Å². The average molecular weight is 268 g/mol. The van der Waals surface area contributed by atoms with Crippen LogP contribution in [0, 0.1) is 17.8 Å². The summed E-state index contributed by atoms with van der Waals surface area (Å²) in [5.74, 6) is 3.08. The van der Waals surface area contributed by atoms with Gasteiger partial charge >= 0.3 is 0 Å². The summed E-state index contributed by atoms with van der Waals surface area (Å²) >= 11 is 5.90. The molecule has 0 amide bonds. The molecule has 1 aliphatic rings. The van der Waals surface area contributed by atoms with E-state index in [2.05, 4.69) is 48.3 Å².